The summed E-state index contributed by atoms with van der Waals surface area (Å²) in [7, 11) is 0. The van der Waals surface area contributed by atoms with Crippen molar-refractivity contribution < 1.29 is 24.6 Å². The number of carbonyl (C=O) groups is 3. The smallest absolute Gasteiger partial charge is 0.353 e. The van der Waals surface area contributed by atoms with Crippen LogP contribution in [-0.2, 0) is 14.4 Å². The summed E-state index contributed by atoms with van der Waals surface area (Å²) in [6.07, 6.45) is 0.771. The molecule has 2 fully saturated rings. The number of nitrogens with two attached hydrogens (primary N) is 1. The molecule has 9 heteroatoms. The molecule has 3 aliphatic heterocycles. The molecule has 0 aliphatic carbocycles. The van der Waals surface area contributed by atoms with Crippen LogP contribution >= 0.6 is 11.8 Å². The van der Waals surface area contributed by atoms with Gasteiger partial charge < -0.3 is 15.9 Å². The molecule has 0 aromatic heterocycles. The van der Waals surface area contributed by atoms with E-state index in [0.717, 1.165) is 19.4 Å². The predicted molar refractivity (Wildman–Crippen MR) is 86.4 cm³/mol. The topological polar surface area (TPSA) is 124 Å². The molecular formula is C15H21N3O5S. The van der Waals surface area contributed by atoms with Gasteiger partial charge in [0.25, 0.3) is 0 Å². The molecule has 132 valence electrons. The number of hydrogen-bond acceptors (Lipinski definition) is 6. The minimum atomic E-state index is -1.14. The monoisotopic (exact) mass is 355 g/mol. The van der Waals surface area contributed by atoms with Crippen molar-refractivity contribution in [3.63, 3.8) is 0 Å². The molecule has 0 aromatic carbocycles. The van der Waals surface area contributed by atoms with Crippen LogP contribution in [0.5, 0.6) is 0 Å². The lowest BCUT2D eigenvalue weighted by Gasteiger charge is -2.43. The van der Waals surface area contributed by atoms with Gasteiger partial charge in [0.05, 0.1) is 17.9 Å². The zero-order chi connectivity index (χ0) is 17.6. The van der Waals surface area contributed by atoms with Crippen molar-refractivity contribution in [1.29, 1.82) is 0 Å². The van der Waals surface area contributed by atoms with E-state index in [0.29, 0.717) is 18.0 Å². The zero-order valence-electron chi connectivity index (χ0n) is 13.3. The molecule has 2 amide bonds. The number of thioether (sulfide) groups is 1. The zero-order valence-corrected chi connectivity index (χ0v) is 14.2. The Kier molecular flexibility index (Phi) is 4.58. The number of likely N-dealkylation sites (tertiary alicyclic amines) is 1. The number of fused-ring (bicyclic) bond motifs is 1. The summed E-state index contributed by atoms with van der Waals surface area (Å²) in [4.78, 5) is 39.1. The summed E-state index contributed by atoms with van der Waals surface area (Å²) in [6, 6.07) is 0. The Hall–Kier alpha value is -1.58. The quantitative estimate of drug-likeness (QED) is 0.562. The number of β-lactam (4-membered cyclic amide) rings is 1. The van der Waals surface area contributed by atoms with Crippen LogP contribution in [0.4, 0.5) is 0 Å². The average molecular weight is 355 g/mol. The highest BCUT2D eigenvalue weighted by Gasteiger charge is 2.57. The number of aliphatic hydroxyl groups is 1. The molecule has 0 saturated carbocycles. The van der Waals surface area contributed by atoms with Gasteiger partial charge in [0, 0.05) is 18.0 Å². The van der Waals surface area contributed by atoms with Gasteiger partial charge in [-0.25, -0.2) is 4.79 Å². The van der Waals surface area contributed by atoms with Crippen molar-refractivity contribution in [3.8, 4) is 0 Å². The molecular weight excluding hydrogens is 334 g/mol. The first-order chi connectivity index (χ1) is 11.3. The van der Waals surface area contributed by atoms with Crippen LogP contribution < -0.4 is 5.73 Å². The van der Waals surface area contributed by atoms with E-state index in [4.69, 9.17) is 5.73 Å². The largest absolute Gasteiger partial charge is 0.477 e. The molecule has 4 N–H and O–H groups in total. The van der Waals surface area contributed by atoms with Crippen LogP contribution in [0.1, 0.15) is 19.8 Å². The van der Waals surface area contributed by atoms with E-state index in [1.54, 1.807) is 6.92 Å². The maximum Gasteiger partial charge on any atom is 0.353 e. The molecule has 0 spiro atoms. The molecule has 8 nitrogen and oxygen atoms in total. The lowest BCUT2D eigenvalue weighted by Crippen LogP contribution is -2.60. The maximum absolute atomic E-state index is 12.2. The highest BCUT2D eigenvalue weighted by Crippen LogP contribution is 2.50. The minimum absolute atomic E-state index is 0.00750. The van der Waals surface area contributed by atoms with E-state index in [2.05, 4.69) is 0 Å². The number of carbonyl (C=O) groups excluding carboxylic acids is 2. The standard InChI is InChI=1S/C15H21N3O5S/c1-7(19)10-13(21)18-11(15(22)23)9(24-14(10)18)6-17-4-2-3-8(5-17)12(16)20/h7-8,10,14,19H,2-6H2,1H3,(H2,16,20)(H,22,23)/t7-,8+,10+,14-/m1/s1. The molecule has 3 rings (SSSR count). The average Bonchev–Trinajstić information content (AvgIpc) is 2.81. The number of nitrogens with zero attached hydrogens (tertiary/aromatic N) is 2. The molecule has 0 unspecified atom stereocenters. The van der Waals surface area contributed by atoms with Crippen molar-refractivity contribution >= 4 is 29.5 Å². The highest BCUT2D eigenvalue weighted by molar-refractivity contribution is 8.04. The Balaban J connectivity index is 1.76. The van der Waals surface area contributed by atoms with E-state index in [1.807, 2.05) is 4.90 Å². The Labute approximate surface area is 143 Å². The number of hydrogen-bond donors (Lipinski definition) is 3. The second-order valence-corrected chi connectivity index (χ2v) is 7.75. The Morgan fingerprint density at radius 1 is 1.46 bits per heavy atom. The third kappa shape index (κ3) is 2.80. The van der Waals surface area contributed by atoms with Crippen molar-refractivity contribution in [2.75, 3.05) is 19.6 Å². The third-order valence-corrected chi connectivity index (χ3v) is 6.20. The SMILES string of the molecule is C[C@@H](O)[C@H]1C(=O)N2C(C(=O)O)=C(CN3CCC[C@H](C(N)=O)C3)S[C@H]12. The predicted octanol–water partition coefficient (Wildman–Crippen LogP) is -0.608. The van der Waals surface area contributed by atoms with Gasteiger partial charge in [-0.15, -0.1) is 11.8 Å². The van der Waals surface area contributed by atoms with E-state index in [9.17, 15) is 24.6 Å². The van der Waals surface area contributed by atoms with Crippen molar-refractivity contribution in [2.24, 2.45) is 17.6 Å². The van der Waals surface area contributed by atoms with Crippen molar-refractivity contribution in [1.82, 2.24) is 9.80 Å². The molecule has 0 bridgehead atoms. The summed E-state index contributed by atoms with van der Waals surface area (Å²) in [6.45, 7) is 3.19. The lowest BCUT2D eigenvalue weighted by molar-refractivity contribution is -0.156. The van der Waals surface area contributed by atoms with Gasteiger partial charge in [-0.2, -0.15) is 0 Å². The van der Waals surface area contributed by atoms with Gasteiger partial charge in [0.1, 0.15) is 11.1 Å². The summed E-state index contributed by atoms with van der Waals surface area (Å²) in [5.41, 5.74) is 5.39. The fourth-order valence-corrected chi connectivity index (χ4v) is 5.25. The normalized spacial score (nSPS) is 31.7. The first kappa shape index (κ1) is 17.2. The number of aliphatic carboxylic acids is 1. The van der Waals surface area contributed by atoms with Gasteiger partial charge in [-0.05, 0) is 26.3 Å². The number of primary amides is 1. The summed E-state index contributed by atoms with van der Waals surface area (Å²) < 4.78 is 0. The second kappa shape index (κ2) is 6.38. The second-order valence-electron chi connectivity index (χ2n) is 6.54. The van der Waals surface area contributed by atoms with Crippen LogP contribution in [-0.4, -0.2) is 68.9 Å². The number of piperidine rings is 1. The van der Waals surface area contributed by atoms with Gasteiger partial charge in [0.2, 0.25) is 11.8 Å². The molecule has 0 radical (unpaired) electrons. The highest BCUT2D eigenvalue weighted by atomic mass is 32.2. The first-order valence-electron chi connectivity index (χ1n) is 7.97. The van der Waals surface area contributed by atoms with Gasteiger partial charge in [0.15, 0.2) is 0 Å². The van der Waals surface area contributed by atoms with E-state index in [-0.39, 0.29) is 28.8 Å². The summed E-state index contributed by atoms with van der Waals surface area (Å²) in [5.74, 6) is -2.60. The summed E-state index contributed by atoms with van der Waals surface area (Å²) >= 11 is 1.33. The fraction of sp³-hybridized carbons (Fsp3) is 0.667. The molecule has 24 heavy (non-hydrogen) atoms. The number of carboxylic acids is 1. The van der Waals surface area contributed by atoms with E-state index < -0.39 is 18.0 Å². The fourth-order valence-electron chi connectivity index (χ4n) is 3.60. The summed E-state index contributed by atoms with van der Waals surface area (Å²) in [5, 5.41) is 18.9. The van der Waals surface area contributed by atoms with Crippen LogP contribution in [0.2, 0.25) is 0 Å². The van der Waals surface area contributed by atoms with E-state index >= 15 is 0 Å². The Morgan fingerprint density at radius 2 is 2.17 bits per heavy atom. The molecule has 2 saturated heterocycles. The van der Waals surface area contributed by atoms with Gasteiger partial charge in [-0.3, -0.25) is 19.4 Å². The number of rotatable bonds is 5. The van der Waals surface area contributed by atoms with Crippen molar-refractivity contribution in [3.05, 3.63) is 10.6 Å². The van der Waals surface area contributed by atoms with Gasteiger partial charge >= 0.3 is 5.97 Å². The first-order valence-corrected chi connectivity index (χ1v) is 8.85. The molecule has 0 aromatic rings. The van der Waals surface area contributed by atoms with Crippen LogP contribution in [0, 0.1) is 11.8 Å². The lowest BCUT2D eigenvalue weighted by atomic mass is 9.92. The van der Waals surface area contributed by atoms with Crippen LogP contribution in [0.25, 0.3) is 0 Å². The minimum Gasteiger partial charge on any atom is -0.477 e. The van der Waals surface area contributed by atoms with Crippen LogP contribution in [0.3, 0.4) is 0 Å². The molecule has 3 heterocycles. The van der Waals surface area contributed by atoms with E-state index in [1.165, 1.54) is 16.7 Å². The third-order valence-electron chi connectivity index (χ3n) is 4.85. The number of aliphatic hydroxyl groups excluding tert-OH is 1. The number of amides is 2. The van der Waals surface area contributed by atoms with Gasteiger partial charge in [-0.1, -0.05) is 0 Å². The molecule has 4 atom stereocenters. The molecule has 3 aliphatic rings. The van der Waals surface area contributed by atoms with Crippen LogP contribution in [0.15, 0.2) is 10.6 Å². The Bertz CT molecular complexity index is 620. The van der Waals surface area contributed by atoms with Crippen molar-refractivity contribution in [2.45, 2.75) is 31.2 Å². The number of carboxylic acid groups (broad SMARTS) is 1. The maximum atomic E-state index is 12.2. The Morgan fingerprint density at radius 3 is 2.75 bits per heavy atom.